The number of benzene rings is 1. The molecule has 1 aliphatic carbocycles. The predicted molar refractivity (Wildman–Crippen MR) is 111 cm³/mol. The van der Waals surface area contributed by atoms with Crippen molar-refractivity contribution in [3.8, 4) is 17.2 Å². The Morgan fingerprint density at radius 3 is 2.25 bits per heavy atom. The third-order valence-corrected chi connectivity index (χ3v) is 7.18. The number of hydrogen-bond donors (Lipinski definition) is 0. The lowest BCUT2D eigenvalue weighted by Crippen LogP contribution is -2.47. The summed E-state index contributed by atoms with van der Waals surface area (Å²) in [5.41, 5.74) is 1.67. The van der Waals surface area contributed by atoms with Crippen LogP contribution in [-0.4, -0.2) is 63.9 Å². The smallest absolute Gasteiger partial charge is 0.164 e. The summed E-state index contributed by atoms with van der Waals surface area (Å²) in [5.74, 6) is 3.36. The van der Waals surface area contributed by atoms with E-state index in [2.05, 4.69) is 15.9 Å². The van der Waals surface area contributed by atoms with Gasteiger partial charge in [0.2, 0.25) is 0 Å². The summed E-state index contributed by atoms with van der Waals surface area (Å²) >= 11 is 0. The molecule has 1 atom stereocenters. The second-order valence-corrected chi connectivity index (χ2v) is 9.12. The van der Waals surface area contributed by atoms with Gasteiger partial charge < -0.3 is 19.1 Å². The largest absolute Gasteiger partial charge is 0.496 e. The molecule has 1 aromatic rings. The molecule has 5 nitrogen and oxygen atoms in total. The molecule has 0 radical (unpaired) electrons. The first-order valence-corrected chi connectivity index (χ1v) is 10.9. The van der Waals surface area contributed by atoms with Crippen molar-refractivity contribution in [3.05, 3.63) is 17.7 Å². The average Bonchev–Trinajstić information content (AvgIpc) is 3.06. The standard InChI is InChI=1S/C23H36N2O3/c1-26-20-13-22(28-3)21(27-2)12-19(20)15-25-11-9-23(17-25)8-5-10-24(16-23)14-18-6-4-7-18/h12-13,18H,4-11,14-17H2,1-3H3. The minimum absolute atomic E-state index is 0.492. The zero-order valence-corrected chi connectivity index (χ0v) is 17.8. The Labute approximate surface area is 169 Å². The molecule has 1 aromatic carbocycles. The van der Waals surface area contributed by atoms with Crippen LogP contribution < -0.4 is 14.2 Å². The molecule has 1 unspecified atom stereocenters. The number of rotatable bonds is 7. The van der Waals surface area contributed by atoms with Crippen molar-refractivity contribution in [1.82, 2.24) is 9.80 Å². The third kappa shape index (κ3) is 4.11. The summed E-state index contributed by atoms with van der Waals surface area (Å²) in [7, 11) is 5.09. The van der Waals surface area contributed by atoms with Crippen molar-refractivity contribution in [1.29, 1.82) is 0 Å². The fraction of sp³-hybridized carbons (Fsp3) is 0.739. The highest BCUT2D eigenvalue weighted by molar-refractivity contribution is 5.50. The van der Waals surface area contributed by atoms with E-state index < -0.39 is 0 Å². The minimum atomic E-state index is 0.492. The normalized spacial score (nSPS) is 26.4. The van der Waals surface area contributed by atoms with Gasteiger partial charge in [0.05, 0.1) is 21.3 Å². The Bertz CT molecular complexity index is 676. The first-order chi connectivity index (χ1) is 13.6. The van der Waals surface area contributed by atoms with Gasteiger partial charge >= 0.3 is 0 Å². The van der Waals surface area contributed by atoms with E-state index in [0.717, 1.165) is 29.7 Å². The molecular weight excluding hydrogens is 352 g/mol. The third-order valence-electron chi connectivity index (χ3n) is 7.18. The lowest BCUT2D eigenvalue weighted by atomic mass is 9.78. The molecule has 2 heterocycles. The lowest BCUT2D eigenvalue weighted by Gasteiger charge is -2.43. The first kappa shape index (κ1) is 19.8. The van der Waals surface area contributed by atoms with Gasteiger partial charge in [-0.05, 0) is 62.6 Å². The Morgan fingerprint density at radius 1 is 0.857 bits per heavy atom. The highest BCUT2D eigenvalue weighted by atomic mass is 16.5. The van der Waals surface area contributed by atoms with Crippen LogP contribution in [0.5, 0.6) is 17.2 Å². The van der Waals surface area contributed by atoms with E-state index in [1.807, 2.05) is 6.07 Å². The summed E-state index contributed by atoms with van der Waals surface area (Å²) in [6.45, 7) is 7.23. The van der Waals surface area contributed by atoms with Crippen LogP contribution in [0.25, 0.3) is 0 Å². The van der Waals surface area contributed by atoms with Crippen molar-refractivity contribution in [2.75, 3.05) is 54.1 Å². The van der Waals surface area contributed by atoms with Gasteiger partial charge in [0.15, 0.2) is 11.5 Å². The van der Waals surface area contributed by atoms with E-state index in [9.17, 15) is 0 Å². The van der Waals surface area contributed by atoms with Crippen LogP contribution in [0.4, 0.5) is 0 Å². The zero-order chi connectivity index (χ0) is 19.6. The number of ether oxygens (including phenoxy) is 3. The quantitative estimate of drug-likeness (QED) is 0.710. The molecule has 2 saturated heterocycles. The summed E-state index contributed by atoms with van der Waals surface area (Å²) in [6.07, 6.45) is 8.42. The van der Waals surface area contributed by atoms with Crippen molar-refractivity contribution in [2.45, 2.75) is 45.1 Å². The Kier molecular flexibility index (Phi) is 6.02. The fourth-order valence-corrected chi connectivity index (χ4v) is 5.46. The maximum absolute atomic E-state index is 5.64. The number of hydrogen-bond acceptors (Lipinski definition) is 5. The van der Waals surface area contributed by atoms with E-state index >= 15 is 0 Å². The fourth-order valence-electron chi connectivity index (χ4n) is 5.46. The van der Waals surface area contributed by atoms with Crippen LogP contribution in [0.3, 0.4) is 0 Å². The van der Waals surface area contributed by atoms with E-state index in [-0.39, 0.29) is 0 Å². The van der Waals surface area contributed by atoms with Crippen molar-refractivity contribution in [3.63, 3.8) is 0 Å². The Balaban J connectivity index is 1.41. The van der Waals surface area contributed by atoms with Crippen LogP contribution in [0.1, 0.15) is 44.1 Å². The monoisotopic (exact) mass is 388 g/mol. The Morgan fingerprint density at radius 2 is 1.57 bits per heavy atom. The molecule has 3 aliphatic rings. The molecule has 28 heavy (non-hydrogen) atoms. The topological polar surface area (TPSA) is 34.2 Å². The molecule has 156 valence electrons. The molecule has 0 amide bonds. The van der Waals surface area contributed by atoms with Gasteiger partial charge in [-0.25, -0.2) is 0 Å². The molecule has 1 saturated carbocycles. The van der Waals surface area contributed by atoms with Gasteiger partial charge in [0.1, 0.15) is 5.75 Å². The van der Waals surface area contributed by atoms with Gasteiger partial charge in [-0.2, -0.15) is 0 Å². The highest BCUT2D eigenvalue weighted by Gasteiger charge is 2.41. The summed E-state index contributed by atoms with van der Waals surface area (Å²) in [4.78, 5) is 5.38. The lowest BCUT2D eigenvalue weighted by molar-refractivity contribution is 0.0668. The number of likely N-dealkylation sites (tertiary alicyclic amines) is 2. The molecule has 0 aromatic heterocycles. The highest BCUT2D eigenvalue weighted by Crippen LogP contribution is 2.42. The van der Waals surface area contributed by atoms with E-state index in [1.165, 1.54) is 76.8 Å². The maximum atomic E-state index is 5.64. The molecule has 1 spiro atoms. The molecule has 2 aliphatic heterocycles. The van der Waals surface area contributed by atoms with Gasteiger partial charge in [0.25, 0.3) is 0 Å². The van der Waals surface area contributed by atoms with Crippen molar-refractivity contribution >= 4 is 0 Å². The van der Waals surface area contributed by atoms with Gasteiger partial charge in [-0.15, -0.1) is 0 Å². The van der Waals surface area contributed by atoms with Gasteiger partial charge in [-0.1, -0.05) is 6.42 Å². The van der Waals surface area contributed by atoms with Crippen molar-refractivity contribution < 1.29 is 14.2 Å². The van der Waals surface area contributed by atoms with Crippen LogP contribution in [0, 0.1) is 11.3 Å². The van der Waals surface area contributed by atoms with Gasteiger partial charge in [-0.3, -0.25) is 4.90 Å². The van der Waals surface area contributed by atoms with Crippen LogP contribution in [0.15, 0.2) is 12.1 Å². The summed E-state index contributed by atoms with van der Waals surface area (Å²) < 4.78 is 16.6. The average molecular weight is 389 g/mol. The second kappa shape index (κ2) is 8.50. The molecule has 3 fully saturated rings. The molecule has 4 rings (SSSR count). The number of nitrogens with zero attached hydrogens (tertiary/aromatic N) is 2. The first-order valence-electron chi connectivity index (χ1n) is 10.9. The predicted octanol–water partition coefficient (Wildman–Crippen LogP) is 3.80. The van der Waals surface area contributed by atoms with Crippen molar-refractivity contribution in [2.24, 2.45) is 11.3 Å². The number of piperidine rings is 1. The summed E-state index contributed by atoms with van der Waals surface area (Å²) in [6, 6.07) is 4.02. The number of methoxy groups -OCH3 is 3. The molecule has 0 N–H and O–H groups in total. The SMILES string of the molecule is COc1cc(OC)c(OC)cc1CN1CCC2(CCCN(CC3CCC3)C2)C1. The van der Waals surface area contributed by atoms with E-state index in [4.69, 9.17) is 14.2 Å². The minimum Gasteiger partial charge on any atom is -0.496 e. The Hall–Kier alpha value is -1.46. The maximum Gasteiger partial charge on any atom is 0.164 e. The van der Waals surface area contributed by atoms with E-state index in [1.54, 1.807) is 21.3 Å². The molecule has 0 bridgehead atoms. The zero-order valence-electron chi connectivity index (χ0n) is 17.8. The van der Waals surface area contributed by atoms with Gasteiger partial charge in [0, 0.05) is 37.8 Å². The van der Waals surface area contributed by atoms with Crippen LogP contribution >= 0.6 is 0 Å². The molecular formula is C23H36N2O3. The van der Waals surface area contributed by atoms with Crippen LogP contribution in [-0.2, 0) is 6.54 Å². The van der Waals surface area contributed by atoms with Crippen LogP contribution in [0.2, 0.25) is 0 Å². The van der Waals surface area contributed by atoms with E-state index in [0.29, 0.717) is 5.41 Å². The summed E-state index contributed by atoms with van der Waals surface area (Å²) in [5, 5.41) is 0. The molecule has 5 heteroatoms. The second-order valence-electron chi connectivity index (χ2n) is 9.12.